The smallest absolute Gasteiger partial charge is 0.247 e. The zero-order valence-corrected chi connectivity index (χ0v) is 53.5. The summed E-state index contributed by atoms with van der Waals surface area (Å²) in [4.78, 5) is 2.48. The normalized spacial score (nSPS) is 15.3. The van der Waals surface area contributed by atoms with Crippen LogP contribution >= 0.6 is 0 Å². The molecule has 2 aliphatic heterocycles. The van der Waals surface area contributed by atoms with Gasteiger partial charge in [-0.15, -0.1) is 0 Å². The van der Waals surface area contributed by atoms with Gasteiger partial charge < -0.3 is 9.47 Å². The number of hydrogen-bond acceptors (Lipinski definition) is 1. The summed E-state index contributed by atoms with van der Waals surface area (Å²) in [7, 11) is 0. The predicted molar refractivity (Wildman–Crippen MR) is 367 cm³/mol. The molecule has 1 atom stereocenters. The molecule has 0 spiro atoms. The maximum Gasteiger partial charge on any atom is 0.247 e. The first-order valence-electron chi connectivity index (χ1n) is 31.4. The van der Waals surface area contributed by atoms with Crippen molar-refractivity contribution in [1.29, 1.82) is 0 Å². The molecule has 84 heavy (non-hydrogen) atoms. The molecule has 0 fully saturated rings. The summed E-state index contributed by atoms with van der Waals surface area (Å²) in [5.41, 5.74) is 27.5. The number of aryl methyl sites for hydroxylation is 1. The van der Waals surface area contributed by atoms with E-state index >= 15 is 0 Å². The van der Waals surface area contributed by atoms with Crippen molar-refractivity contribution in [2.24, 2.45) is 0 Å². The van der Waals surface area contributed by atoms with Crippen LogP contribution in [0.1, 0.15) is 187 Å². The van der Waals surface area contributed by atoms with Crippen molar-refractivity contribution in [2.45, 2.75) is 176 Å². The van der Waals surface area contributed by atoms with Crippen LogP contribution in [0.15, 0.2) is 158 Å². The van der Waals surface area contributed by atoms with E-state index in [9.17, 15) is 0 Å². The van der Waals surface area contributed by atoms with Crippen LogP contribution in [0, 0.1) is 0 Å². The van der Waals surface area contributed by atoms with Gasteiger partial charge in [-0.2, -0.15) is 0 Å². The van der Waals surface area contributed by atoms with Gasteiger partial charge in [0.05, 0.1) is 5.52 Å². The van der Waals surface area contributed by atoms with E-state index < -0.39 is 0 Å². The number of hydrogen-bond donors (Lipinski definition) is 0. The number of aromatic nitrogens is 1. The second-order valence-corrected chi connectivity index (χ2v) is 31.8. The number of anilines is 3. The van der Waals surface area contributed by atoms with Crippen molar-refractivity contribution in [2.75, 3.05) is 4.90 Å². The van der Waals surface area contributed by atoms with E-state index in [0.717, 1.165) is 29.9 Å². The van der Waals surface area contributed by atoms with Crippen LogP contribution in [0.5, 0.6) is 0 Å². The number of nitrogens with zero attached hydrogens (tertiary/aromatic N) is 2. The summed E-state index contributed by atoms with van der Waals surface area (Å²) in [5.74, 6) is 0.263. The summed E-state index contributed by atoms with van der Waals surface area (Å²) in [5, 5.41) is 10.7. The summed E-state index contributed by atoms with van der Waals surface area (Å²) in [6.07, 6.45) is 1.99. The van der Waals surface area contributed by atoms with Crippen LogP contribution in [0.2, 0.25) is 0 Å². The van der Waals surface area contributed by atoms with E-state index in [2.05, 4.69) is 292 Å². The molecule has 0 saturated heterocycles. The Morgan fingerprint density at radius 2 is 0.893 bits per heavy atom. The van der Waals surface area contributed by atoms with E-state index in [1.807, 2.05) is 0 Å². The molecule has 0 N–H and O–H groups in total. The van der Waals surface area contributed by atoms with Gasteiger partial charge in [0.2, 0.25) is 6.71 Å². The molecule has 2 nitrogen and oxygen atoms in total. The minimum Gasteiger partial charge on any atom is -0.310 e. The molecule has 0 bridgehead atoms. The van der Waals surface area contributed by atoms with Crippen molar-refractivity contribution in [3.05, 3.63) is 208 Å². The first-order chi connectivity index (χ1) is 39.4. The highest BCUT2D eigenvalue weighted by Gasteiger charge is 2.45. The molecule has 1 aromatic heterocycles. The SMILES string of the molecule is CC(C)(C)c1ccc(N(c2ccc(C(C)(C)C)cc2)c2ccc3c(c2)c2ccccc2c2c4c5c(cc32)-n2c3ccc(C(C)(C)C)cc3c3cc(C(C)(C)C)cc(c32)B5c2cc(C(C)(C)C)cc3c2C(CC4)c2ccc(C(C)(C)C)cc2-3)cc1. The second-order valence-electron chi connectivity index (χ2n) is 31.8. The zero-order valence-electron chi connectivity index (χ0n) is 53.5. The highest BCUT2D eigenvalue weighted by molar-refractivity contribution is 6.99. The van der Waals surface area contributed by atoms with Gasteiger partial charge in [-0.3, -0.25) is 0 Å². The molecule has 3 heteroatoms. The van der Waals surface area contributed by atoms with Crippen molar-refractivity contribution < 1.29 is 0 Å². The molecule has 14 rings (SSSR count). The van der Waals surface area contributed by atoms with Crippen LogP contribution in [0.3, 0.4) is 0 Å². The van der Waals surface area contributed by atoms with Crippen molar-refractivity contribution >= 4 is 94.3 Å². The first kappa shape index (κ1) is 54.6. The highest BCUT2D eigenvalue weighted by atomic mass is 15.1. The van der Waals surface area contributed by atoms with Gasteiger partial charge in [-0.05, 0) is 210 Å². The Bertz CT molecular complexity index is 4520. The highest BCUT2D eigenvalue weighted by Crippen LogP contribution is 2.52. The van der Waals surface area contributed by atoms with Gasteiger partial charge in [0.25, 0.3) is 0 Å². The topological polar surface area (TPSA) is 8.17 Å². The third-order valence-corrected chi connectivity index (χ3v) is 19.9. The fourth-order valence-electron chi connectivity index (χ4n) is 15.0. The summed E-state index contributed by atoms with van der Waals surface area (Å²) < 4.78 is 2.74. The third-order valence-electron chi connectivity index (χ3n) is 19.9. The maximum absolute atomic E-state index is 2.74. The van der Waals surface area contributed by atoms with E-state index in [-0.39, 0.29) is 45.1 Å². The van der Waals surface area contributed by atoms with E-state index in [1.54, 1.807) is 5.56 Å². The van der Waals surface area contributed by atoms with Crippen molar-refractivity contribution in [1.82, 2.24) is 4.57 Å². The molecule has 0 saturated carbocycles. The standard InChI is InChI=1S/C81H85BN2/c1-76(2,3)47-23-29-53(30-24-47)83(54-31-25-48(26-32-54)77(4,5)6)55-33-35-58-63(45-55)56-21-19-20-22-59(56)72-61-37-36-60-57-34-27-49(78(7,8)9)39-62(57)65-41-51(80(13,14)15)43-68(73(60)65)82-69-44-52(81(16,17)18)42-67-64-40-50(79(10,11)12)28-38-70(64)84(75(67)69)71(74(61)82)46-66(58)72/h19-35,38-46,60H,36-37H2,1-18H3. The summed E-state index contributed by atoms with van der Waals surface area (Å²) in [6.45, 7) is 42.6. The molecule has 1 unspecified atom stereocenters. The van der Waals surface area contributed by atoms with Gasteiger partial charge >= 0.3 is 0 Å². The Hall–Kier alpha value is -7.36. The molecule has 10 aromatic carbocycles. The van der Waals surface area contributed by atoms with Gasteiger partial charge in [0, 0.05) is 45.0 Å². The fourth-order valence-corrected chi connectivity index (χ4v) is 15.0. The Labute approximate surface area is 501 Å². The van der Waals surface area contributed by atoms with Crippen LogP contribution in [-0.2, 0) is 38.9 Å². The van der Waals surface area contributed by atoms with Crippen LogP contribution < -0.4 is 21.3 Å². The Morgan fingerprint density at radius 1 is 0.393 bits per heavy atom. The average Bonchev–Trinajstić information content (AvgIpc) is 1.35. The van der Waals surface area contributed by atoms with Crippen LogP contribution in [0.25, 0.3) is 70.9 Å². The van der Waals surface area contributed by atoms with Gasteiger partial charge in [-0.25, -0.2) is 0 Å². The number of fused-ring (bicyclic) bond motifs is 16. The van der Waals surface area contributed by atoms with Crippen LogP contribution in [-0.4, -0.2) is 11.3 Å². The lowest BCUT2D eigenvalue weighted by molar-refractivity contribution is 0.589. The summed E-state index contributed by atoms with van der Waals surface area (Å²) >= 11 is 0. The maximum atomic E-state index is 2.74. The van der Waals surface area contributed by atoms with Gasteiger partial charge in [0.1, 0.15) is 0 Å². The van der Waals surface area contributed by atoms with E-state index in [4.69, 9.17) is 0 Å². The van der Waals surface area contributed by atoms with Crippen molar-refractivity contribution in [3.63, 3.8) is 0 Å². The molecule has 0 radical (unpaired) electrons. The lowest BCUT2D eigenvalue weighted by atomic mass is 9.32. The molecule has 422 valence electrons. The molecule has 3 aliphatic rings. The Balaban J connectivity index is 1.12. The van der Waals surface area contributed by atoms with Gasteiger partial charge in [0.15, 0.2) is 0 Å². The lowest BCUT2D eigenvalue weighted by Crippen LogP contribution is -2.59. The molecule has 3 heterocycles. The largest absolute Gasteiger partial charge is 0.310 e. The molecule has 0 amide bonds. The quantitative estimate of drug-likeness (QED) is 0.126. The zero-order chi connectivity index (χ0) is 59.3. The third kappa shape index (κ3) is 8.39. The second kappa shape index (κ2) is 18.1. The number of rotatable bonds is 3. The summed E-state index contributed by atoms with van der Waals surface area (Å²) in [6, 6.07) is 63.6. The first-order valence-corrected chi connectivity index (χ1v) is 31.4. The molecule has 1 aliphatic carbocycles. The molecule has 11 aromatic rings. The molecular weight excluding hydrogens is 1010 g/mol. The Kier molecular flexibility index (Phi) is 11.8. The van der Waals surface area contributed by atoms with Crippen LogP contribution in [0.4, 0.5) is 17.1 Å². The minimum atomic E-state index is -0.0818. The van der Waals surface area contributed by atoms with E-state index in [1.165, 1.54) is 132 Å². The van der Waals surface area contributed by atoms with E-state index in [0.29, 0.717) is 0 Å². The minimum absolute atomic E-state index is 0.00177. The average molecular weight is 1100 g/mol. The van der Waals surface area contributed by atoms with Crippen molar-refractivity contribution in [3.8, 4) is 16.8 Å². The monoisotopic (exact) mass is 1100 g/mol. The fraction of sp³-hybridized carbons (Fsp3) is 0.333. The Morgan fingerprint density at radius 3 is 1.50 bits per heavy atom. The number of benzene rings is 10. The molecular formula is C81H85BN2. The lowest BCUT2D eigenvalue weighted by Gasteiger charge is -2.36. The van der Waals surface area contributed by atoms with Gasteiger partial charge in [-0.1, -0.05) is 227 Å². The predicted octanol–water partition coefficient (Wildman–Crippen LogP) is 20.4.